The van der Waals surface area contributed by atoms with Gasteiger partial charge in [-0.15, -0.1) is 0 Å². The lowest BCUT2D eigenvalue weighted by atomic mass is 9.44. The molecule has 8 N–H and O–H groups in total. The Kier molecular flexibility index (Phi) is 25.5. The van der Waals surface area contributed by atoms with Crippen LogP contribution in [-0.2, 0) is 90.5 Å². The molecule has 0 aromatic heterocycles. The Hall–Kier alpha value is -11.0. The minimum Gasteiger partial charge on any atom is -0.456 e. The van der Waals surface area contributed by atoms with Crippen LogP contribution in [0, 0.1) is 33.5 Å². The van der Waals surface area contributed by atoms with E-state index in [1.165, 1.54) is 52.0 Å². The Bertz CT molecular complexity index is 5010. The second-order valence-electron chi connectivity index (χ2n) is 34.3. The zero-order valence-corrected chi connectivity index (χ0v) is 70.2. The molecule has 30 heteroatoms. The Morgan fingerprint density at radius 1 is 0.459 bits per heavy atom. The van der Waals surface area contributed by atoms with E-state index >= 15 is 9.59 Å². The van der Waals surface area contributed by atoms with Gasteiger partial charge in [0.15, 0.2) is 47.2 Å². The van der Waals surface area contributed by atoms with Gasteiger partial charge in [-0.2, -0.15) is 0 Å². The zero-order valence-electron chi connectivity index (χ0n) is 70.2. The van der Waals surface area contributed by atoms with E-state index in [0.29, 0.717) is 16.7 Å². The highest BCUT2D eigenvalue weighted by Gasteiger charge is 2.81. The number of aliphatic hydroxyl groups is 6. The molecule has 122 heavy (non-hydrogen) atoms. The monoisotopic (exact) mass is 1680 g/mol. The number of ether oxygens (including phenoxy) is 10. The highest BCUT2D eigenvalue weighted by atomic mass is 16.7. The summed E-state index contributed by atoms with van der Waals surface area (Å²) in [4.78, 5) is 166. The number of amides is 2. The molecule has 5 aromatic rings. The standard InChI is InChI=1S/C47H51NO14.C45H53NO14/c1-25-31(60-43(56)36(52)35(28-16-10-7-11-17-28)48-41(54)29-18-12-8-13-19-29)23-47(57)40(61-42(55)30-20-14-9-15-21-30)38-45(6,32(51)22-33-46(38,24-58-33)62-27(3)50)39(53)37(59-26(2)49)34(25)44(47,4)5;1-9-23(2)39(52)46-33(27-16-12-10-13-17-27)34(50)41(54)58-29-21-45(55)38(59-40(53)28-18-14-11-15-19-28)36-43(8,30(49)20-31-44(36,22-56-31)60-26(5)48)37(51)35(57-25(4)47)32(24(29)3)42(45,6)7/h7-21,31-33,35-38,40,51-52,57H,22-24H2,1-6H3,(H,48,54);9-19,29-31,33-36,38,49-50,55H,20-22H2,1-8H3,(H,46,52)/b;23-9+/t31-,32-,33+,35-,36+,37+,38-,40-,45+,46-,47+;29-,30-,31+,33-,34+,35+,36-,38-,43+,44-,45+/m00/s1. The number of hydrogen-bond acceptors (Lipinski definition) is 28. The zero-order chi connectivity index (χ0) is 89.1. The Balaban J connectivity index is 0.000000223. The topological polar surface area (TPSA) is 443 Å². The van der Waals surface area contributed by atoms with Crippen LogP contribution in [0.2, 0.25) is 0 Å². The van der Waals surface area contributed by atoms with Crippen molar-refractivity contribution in [1.29, 1.82) is 0 Å². The molecule has 8 aliphatic rings. The average molecular weight is 1690 g/mol. The van der Waals surface area contributed by atoms with Gasteiger partial charge >= 0.3 is 47.8 Å². The summed E-state index contributed by atoms with van der Waals surface area (Å²) in [6.45, 7) is 19.2. The van der Waals surface area contributed by atoms with Crippen LogP contribution in [0.25, 0.3) is 0 Å². The molecule has 0 spiro atoms. The summed E-state index contributed by atoms with van der Waals surface area (Å²) in [5, 5.41) is 80.3. The normalized spacial score (nSPS) is 32.4. The molecule has 4 bridgehead atoms. The number of nitrogens with one attached hydrogen (secondary N) is 2. The van der Waals surface area contributed by atoms with Crippen molar-refractivity contribution in [2.75, 3.05) is 13.2 Å². The van der Waals surface area contributed by atoms with Gasteiger partial charge in [-0.3, -0.25) is 38.4 Å². The molecule has 2 aliphatic heterocycles. The van der Waals surface area contributed by atoms with Gasteiger partial charge in [0.2, 0.25) is 5.91 Å². The van der Waals surface area contributed by atoms with E-state index in [0.717, 1.165) is 27.7 Å². The van der Waals surface area contributed by atoms with Crippen LogP contribution in [0.5, 0.6) is 0 Å². The first-order valence-corrected chi connectivity index (χ1v) is 40.4. The fourth-order valence-electron chi connectivity index (χ4n) is 19.9. The van der Waals surface area contributed by atoms with Crippen molar-refractivity contribution >= 4 is 71.1 Å². The van der Waals surface area contributed by atoms with Crippen molar-refractivity contribution in [3.8, 4) is 0 Å². The Morgan fingerprint density at radius 3 is 1.10 bits per heavy atom. The third kappa shape index (κ3) is 15.7. The molecule has 0 radical (unpaired) electrons. The van der Waals surface area contributed by atoms with Gasteiger partial charge in [0.1, 0.15) is 47.8 Å². The lowest BCUT2D eigenvalue weighted by Gasteiger charge is -2.67. The van der Waals surface area contributed by atoms with Gasteiger partial charge < -0.3 is 88.6 Å². The molecule has 2 amide bonds. The number of carbonyl (C=O) groups excluding carboxylic acids is 12. The summed E-state index contributed by atoms with van der Waals surface area (Å²) in [6.07, 6.45) is -19.4. The van der Waals surface area contributed by atoms with Crippen molar-refractivity contribution in [3.05, 3.63) is 213 Å². The maximum atomic E-state index is 15.5. The van der Waals surface area contributed by atoms with E-state index in [1.54, 1.807) is 175 Å². The maximum absolute atomic E-state index is 15.5. The third-order valence-electron chi connectivity index (χ3n) is 26.7. The largest absolute Gasteiger partial charge is 0.456 e. The number of fused-ring (bicyclic) bond motifs is 10. The second-order valence-corrected chi connectivity index (χ2v) is 34.3. The molecule has 6 aliphatic carbocycles. The van der Waals surface area contributed by atoms with Crippen molar-refractivity contribution < 1.29 is 136 Å². The molecule has 30 nitrogen and oxygen atoms in total. The SMILES string of the molecule is C/C=C(\C)C(=O)N[C@@H](c1ccccc1)[C@@H](O)C(=O)O[C@H]1C[C@@]2(O)[C@@H](OC(=O)c3ccccc3)[C@@H]3[C@]4(OC(C)=O)CO[C@@H]4C[C@H](O)[C@@]3(C)C(=O)[C@H](OC(C)=O)C(=C1C)C2(C)C.CC(=O)O[C@H]1C(=O)[C@@]2(C)[C@H]([C@H](OC(=O)c3ccccc3)[C@]3(O)C[C@H](OC(=O)[C@H](O)[C@@H](NC(=O)c4ccccc4)c4ccccc4)C(C)=C1C3(C)C)[C@]1(OC(C)=O)CO[C@@H]1C[C@@H]2O. The van der Waals surface area contributed by atoms with Gasteiger partial charge in [-0.25, -0.2) is 19.2 Å². The second kappa shape index (κ2) is 34.4. The molecule has 2 saturated heterocycles. The van der Waals surface area contributed by atoms with Gasteiger partial charge in [-0.1, -0.05) is 149 Å². The molecule has 6 fully saturated rings. The summed E-state index contributed by atoms with van der Waals surface area (Å²) >= 11 is 0. The first kappa shape index (κ1) is 90.3. The molecular weight excluding hydrogens is 1580 g/mol. The first-order chi connectivity index (χ1) is 57.4. The van der Waals surface area contributed by atoms with Crippen LogP contribution >= 0.6 is 0 Å². The van der Waals surface area contributed by atoms with Crippen LogP contribution in [0.3, 0.4) is 0 Å². The van der Waals surface area contributed by atoms with Crippen LogP contribution in [-0.4, -0.2) is 211 Å². The fraction of sp³-hybridized carbons (Fsp3) is 0.478. The van der Waals surface area contributed by atoms with E-state index in [-0.39, 0.29) is 65.0 Å². The quantitative estimate of drug-likeness (QED) is 0.0166. The van der Waals surface area contributed by atoms with E-state index in [1.807, 2.05) is 0 Å². The van der Waals surface area contributed by atoms with Crippen LogP contribution in [0.4, 0.5) is 0 Å². The summed E-state index contributed by atoms with van der Waals surface area (Å²) in [5.41, 5.74) is -13.9. The molecule has 22 atom stereocenters. The van der Waals surface area contributed by atoms with E-state index < -0.39 is 225 Å². The molecule has 650 valence electrons. The van der Waals surface area contributed by atoms with Gasteiger partial charge in [-0.05, 0) is 111 Å². The summed E-state index contributed by atoms with van der Waals surface area (Å²) < 4.78 is 60.5. The number of ketones is 2. The summed E-state index contributed by atoms with van der Waals surface area (Å²) in [6, 6.07) is 37.7. The number of aliphatic hydroxyl groups excluding tert-OH is 4. The van der Waals surface area contributed by atoms with Crippen LogP contribution < -0.4 is 10.6 Å². The number of benzene rings is 5. The highest BCUT2D eigenvalue weighted by Crippen LogP contribution is 2.67. The minimum atomic E-state index is -2.39. The van der Waals surface area contributed by atoms with Crippen molar-refractivity contribution in [2.24, 2.45) is 33.5 Å². The minimum absolute atomic E-state index is 0.00140. The molecule has 5 aromatic carbocycles. The van der Waals surface area contributed by atoms with Gasteiger partial charge in [0.05, 0.1) is 71.3 Å². The molecule has 4 saturated carbocycles. The lowest BCUT2D eigenvalue weighted by Crippen LogP contribution is -2.82. The number of rotatable bonds is 20. The maximum Gasteiger partial charge on any atom is 0.338 e. The van der Waals surface area contributed by atoms with E-state index in [4.69, 9.17) is 47.4 Å². The lowest BCUT2D eigenvalue weighted by molar-refractivity contribution is -0.346. The van der Waals surface area contributed by atoms with Crippen molar-refractivity contribution in [1.82, 2.24) is 10.6 Å². The Morgan fingerprint density at radius 2 is 0.787 bits per heavy atom. The Labute approximate surface area is 704 Å². The molecule has 2 heterocycles. The average Bonchev–Trinajstić information content (AvgIpc) is 0.672. The summed E-state index contributed by atoms with van der Waals surface area (Å²) in [7, 11) is 0. The summed E-state index contributed by atoms with van der Waals surface area (Å²) in [5.74, 6) is -13.6. The van der Waals surface area contributed by atoms with Gasteiger partial charge in [0, 0.05) is 75.3 Å². The van der Waals surface area contributed by atoms with Crippen molar-refractivity contribution in [2.45, 2.75) is 230 Å². The predicted molar refractivity (Wildman–Crippen MR) is 429 cm³/mol. The smallest absolute Gasteiger partial charge is 0.338 e. The molecule has 0 unspecified atom stereocenters. The van der Waals surface area contributed by atoms with Crippen LogP contribution in [0.1, 0.15) is 177 Å². The third-order valence-corrected chi connectivity index (χ3v) is 26.7. The first-order valence-electron chi connectivity index (χ1n) is 40.4. The number of Topliss-reactive ketones (excluding diaryl/α,β-unsaturated/α-hetero) is 2. The highest BCUT2D eigenvalue weighted by molar-refractivity contribution is 5.98. The van der Waals surface area contributed by atoms with E-state index in [2.05, 4.69) is 10.6 Å². The number of allylic oxidation sites excluding steroid dienone is 1. The molecule has 13 rings (SSSR count). The predicted octanol–water partition coefficient (Wildman–Crippen LogP) is 7.12. The van der Waals surface area contributed by atoms with Crippen molar-refractivity contribution in [3.63, 3.8) is 0 Å². The fourth-order valence-corrected chi connectivity index (χ4v) is 19.9. The van der Waals surface area contributed by atoms with Crippen LogP contribution in [0.15, 0.2) is 186 Å². The van der Waals surface area contributed by atoms with E-state index in [9.17, 15) is 78.6 Å². The number of esters is 8. The number of carbonyl (C=O) groups is 12. The number of hydrogen-bond donors (Lipinski definition) is 8. The molecular formula is C92H104N2O28. The van der Waals surface area contributed by atoms with Gasteiger partial charge in [0.25, 0.3) is 5.91 Å².